The van der Waals surface area contributed by atoms with Crippen LogP contribution in [0.15, 0.2) is 42.5 Å². The molecule has 0 bridgehead atoms. The maximum absolute atomic E-state index is 11.3. The normalized spacial score (nSPS) is 22.3. The van der Waals surface area contributed by atoms with E-state index in [0.29, 0.717) is 12.5 Å². The van der Waals surface area contributed by atoms with Crippen molar-refractivity contribution in [2.24, 2.45) is 11.8 Å². The van der Waals surface area contributed by atoms with Crippen LogP contribution < -0.4 is 0 Å². The third-order valence-corrected chi connectivity index (χ3v) is 4.88. The molecule has 0 aliphatic carbocycles. The van der Waals surface area contributed by atoms with Crippen LogP contribution in [0.5, 0.6) is 0 Å². The minimum Gasteiger partial charge on any atom is -0.481 e. The molecule has 0 amide bonds. The SMILES string of the molecule is CC1CC(C(=O)O)CN(CCCc2cccc3ccccc23)C1. The lowest BCUT2D eigenvalue weighted by Crippen LogP contribution is -2.42. The van der Waals surface area contributed by atoms with E-state index in [1.165, 1.54) is 16.3 Å². The van der Waals surface area contributed by atoms with Crippen LogP contribution in [0.2, 0.25) is 0 Å². The molecule has 0 saturated carbocycles. The summed E-state index contributed by atoms with van der Waals surface area (Å²) in [5, 5.41) is 11.9. The number of hydrogen-bond acceptors (Lipinski definition) is 2. The molecule has 1 fully saturated rings. The molecule has 3 nitrogen and oxygen atoms in total. The molecule has 1 heterocycles. The molecule has 2 atom stereocenters. The number of carboxylic acid groups (broad SMARTS) is 1. The van der Waals surface area contributed by atoms with Crippen LogP contribution in [0.25, 0.3) is 10.8 Å². The van der Waals surface area contributed by atoms with E-state index in [1.54, 1.807) is 0 Å². The molecule has 1 aliphatic heterocycles. The Kier molecular flexibility index (Phi) is 4.97. The van der Waals surface area contributed by atoms with Crippen LogP contribution in [0.3, 0.4) is 0 Å². The fourth-order valence-corrected chi connectivity index (χ4v) is 3.83. The molecule has 3 heteroatoms. The molecule has 23 heavy (non-hydrogen) atoms. The van der Waals surface area contributed by atoms with Gasteiger partial charge in [0.05, 0.1) is 5.92 Å². The van der Waals surface area contributed by atoms with Gasteiger partial charge < -0.3 is 10.0 Å². The lowest BCUT2D eigenvalue weighted by atomic mass is 9.90. The van der Waals surface area contributed by atoms with E-state index >= 15 is 0 Å². The van der Waals surface area contributed by atoms with Gasteiger partial charge in [-0.1, -0.05) is 49.4 Å². The summed E-state index contributed by atoms with van der Waals surface area (Å²) >= 11 is 0. The highest BCUT2D eigenvalue weighted by Crippen LogP contribution is 2.23. The van der Waals surface area contributed by atoms with Gasteiger partial charge in [-0.25, -0.2) is 0 Å². The van der Waals surface area contributed by atoms with Crippen molar-refractivity contribution in [1.82, 2.24) is 4.90 Å². The van der Waals surface area contributed by atoms with Crippen LogP contribution in [0.4, 0.5) is 0 Å². The van der Waals surface area contributed by atoms with Gasteiger partial charge in [0.25, 0.3) is 0 Å². The largest absolute Gasteiger partial charge is 0.481 e. The Morgan fingerprint density at radius 2 is 1.96 bits per heavy atom. The first-order valence-electron chi connectivity index (χ1n) is 8.55. The van der Waals surface area contributed by atoms with Crippen LogP contribution in [0.1, 0.15) is 25.3 Å². The van der Waals surface area contributed by atoms with E-state index in [-0.39, 0.29) is 5.92 Å². The van der Waals surface area contributed by atoms with E-state index in [4.69, 9.17) is 0 Å². The lowest BCUT2D eigenvalue weighted by Gasteiger charge is -2.34. The summed E-state index contributed by atoms with van der Waals surface area (Å²) in [5.41, 5.74) is 1.39. The third-order valence-electron chi connectivity index (χ3n) is 4.88. The van der Waals surface area contributed by atoms with E-state index < -0.39 is 5.97 Å². The molecule has 2 aromatic rings. The molecule has 3 rings (SSSR count). The van der Waals surface area contributed by atoms with Crippen LogP contribution in [-0.4, -0.2) is 35.6 Å². The van der Waals surface area contributed by atoms with Gasteiger partial charge in [0.15, 0.2) is 0 Å². The summed E-state index contributed by atoms with van der Waals surface area (Å²) < 4.78 is 0. The number of aliphatic carboxylic acids is 1. The van der Waals surface area contributed by atoms with E-state index in [1.807, 2.05) is 0 Å². The van der Waals surface area contributed by atoms with Crippen LogP contribution >= 0.6 is 0 Å². The molecule has 2 aromatic carbocycles. The summed E-state index contributed by atoms with van der Waals surface area (Å²) in [6.07, 6.45) is 2.94. The van der Waals surface area contributed by atoms with Gasteiger partial charge in [0.2, 0.25) is 0 Å². The highest BCUT2D eigenvalue weighted by Gasteiger charge is 2.28. The van der Waals surface area contributed by atoms with Gasteiger partial charge in [0, 0.05) is 13.1 Å². The number of carboxylic acids is 1. The van der Waals surface area contributed by atoms with E-state index in [2.05, 4.69) is 54.3 Å². The predicted octanol–water partition coefficient (Wildman–Crippen LogP) is 3.82. The van der Waals surface area contributed by atoms with Crippen molar-refractivity contribution < 1.29 is 9.90 Å². The molecular formula is C20H25NO2. The predicted molar refractivity (Wildman–Crippen MR) is 93.6 cm³/mol. The number of rotatable bonds is 5. The van der Waals surface area contributed by atoms with Crippen molar-refractivity contribution in [1.29, 1.82) is 0 Å². The van der Waals surface area contributed by atoms with Gasteiger partial charge in [-0.3, -0.25) is 4.79 Å². The summed E-state index contributed by atoms with van der Waals surface area (Å²) in [7, 11) is 0. The molecule has 0 aromatic heterocycles. The second kappa shape index (κ2) is 7.14. The molecule has 122 valence electrons. The Bertz CT molecular complexity index is 677. The first kappa shape index (κ1) is 16.0. The first-order valence-corrected chi connectivity index (χ1v) is 8.55. The molecule has 2 unspecified atom stereocenters. The first-order chi connectivity index (χ1) is 11.1. The number of piperidine rings is 1. The lowest BCUT2D eigenvalue weighted by molar-refractivity contribution is -0.144. The minimum absolute atomic E-state index is 0.198. The minimum atomic E-state index is -0.643. The summed E-state index contributed by atoms with van der Waals surface area (Å²) in [4.78, 5) is 13.6. The number of carbonyl (C=O) groups is 1. The summed E-state index contributed by atoms with van der Waals surface area (Å²) in [6.45, 7) is 4.87. The number of nitrogens with zero attached hydrogens (tertiary/aromatic N) is 1. The number of hydrogen-bond donors (Lipinski definition) is 1. The average molecular weight is 311 g/mol. The Morgan fingerprint density at radius 1 is 1.17 bits per heavy atom. The molecular weight excluding hydrogens is 286 g/mol. The molecule has 0 radical (unpaired) electrons. The highest BCUT2D eigenvalue weighted by atomic mass is 16.4. The summed E-state index contributed by atoms with van der Waals surface area (Å²) in [6, 6.07) is 15.0. The maximum Gasteiger partial charge on any atom is 0.307 e. The van der Waals surface area contributed by atoms with Crippen molar-refractivity contribution in [2.75, 3.05) is 19.6 Å². The zero-order valence-corrected chi connectivity index (χ0v) is 13.7. The monoisotopic (exact) mass is 311 g/mol. The number of likely N-dealkylation sites (tertiary alicyclic amines) is 1. The van der Waals surface area contributed by atoms with Crippen molar-refractivity contribution in [2.45, 2.75) is 26.2 Å². The van der Waals surface area contributed by atoms with Crippen molar-refractivity contribution in [3.63, 3.8) is 0 Å². The second-order valence-corrected chi connectivity index (χ2v) is 6.88. The average Bonchev–Trinajstić information content (AvgIpc) is 2.54. The second-order valence-electron chi connectivity index (χ2n) is 6.88. The summed E-state index contributed by atoms with van der Waals surface area (Å²) in [5.74, 6) is -0.366. The van der Waals surface area contributed by atoms with Gasteiger partial charge >= 0.3 is 5.97 Å². The van der Waals surface area contributed by atoms with E-state index in [0.717, 1.165) is 32.4 Å². The molecule has 1 aliphatic rings. The van der Waals surface area contributed by atoms with Crippen molar-refractivity contribution in [3.8, 4) is 0 Å². The van der Waals surface area contributed by atoms with Crippen molar-refractivity contribution in [3.05, 3.63) is 48.0 Å². The van der Waals surface area contributed by atoms with Crippen LogP contribution in [-0.2, 0) is 11.2 Å². The number of benzene rings is 2. The molecule has 1 saturated heterocycles. The number of fused-ring (bicyclic) bond motifs is 1. The fourth-order valence-electron chi connectivity index (χ4n) is 3.83. The Morgan fingerprint density at radius 3 is 2.78 bits per heavy atom. The number of aryl methyl sites for hydroxylation is 1. The Balaban J connectivity index is 1.59. The maximum atomic E-state index is 11.3. The standard InChI is InChI=1S/C20H25NO2/c1-15-12-18(20(22)23)14-21(13-15)11-5-9-17-8-4-7-16-6-2-3-10-19(16)17/h2-4,6-8,10,15,18H,5,9,11-14H2,1H3,(H,22,23). The van der Waals surface area contributed by atoms with E-state index in [9.17, 15) is 9.90 Å². The highest BCUT2D eigenvalue weighted by molar-refractivity contribution is 5.85. The van der Waals surface area contributed by atoms with Crippen LogP contribution in [0, 0.1) is 11.8 Å². The van der Waals surface area contributed by atoms with Gasteiger partial charge in [-0.2, -0.15) is 0 Å². The molecule has 1 N–H and O–H groups in total. The Labute approximate surface area is 137 Å². The zero-order valence-electron chi connectivity index (χ0n) is 13.7. The van der Waals surface area contributed by atoms with Crippen molar-refractivity contribution >= 4 is 16.7 Å². The molecule has 0 spiro atoms. The third kappa shape index (κ3) is 3.91. The smallest absolute Gasteiger partial charge is 0.307 e. The zero-order chi connectivity index (χ0) is 16.2. The van der Waals surface area contributed by atoms with Gasteiger partial charge in [0.1, 0.15) is 0 Å². The van der Waals surface area contributed by atoms with Gasteiger partial charge in [-0.05, 0) is 48.1 Å². The quantitative estimate of drug-likeness (QED) is 0.912. The Hall–Kier alpha value is -1.87. The topological polar surface area (TPSA) is 40.5 Å². The fraction of sp³-hybridized carbons (Fsp3) is 0.450. The van der Waals surface area contributed by atoms with Gasteiger partial charge in [-0.15, -0.1) is 0 Å².